The predicted molar refractivity (Wildman–Crippen MR) is 370 cm³/mol. The summed E-state index contributed by atoms with van der Waals surface area (Å²) in [6, 6.07) is 32.3. The Bertz CT molecular complexity index is 4550. The number of carbonyl (C=O) groups excluding carboxylic acids is 1. The summed E-state index contributed by atoms with van der Waals surface area (Å²) in [6.45, 7) is 18.0. The van der Waals surface area contributed by atoms with Crippen LogP contribution in [0.5, 0.6) is 0 Å². The lowest BCUT2D eigenvalue weighted by Gasteiger charge is -2.32. The van der Waals surface area contributed by atoms with E-state index in [1.165, 1.54) is 29.8 Å². The number of esters is 1. The zero-order valence-electron chi connectivity index (χ0n) is 52.3. The molecule has 7 aromatic heterocycles. The van der Waals surface area contributed by atoms with E-state index in [9.17, 15) is 4.79 Å². The number of nitrogens with zero attached hydrogens (tertiary/aromatic N) is 13. The van der Waals surface area contributed by atoms with Gasteiger partial charge in [-0.3, -0.25) is 14.0 Å². The van der Waals surface area contributed by atoms with Gasteiger partial charge in [0.1, 0.15) is 0 Å². The van der Waals surface area contributed by atoms with Crippen LogP contribution in [0, 0.1) is 6.92 Å². The van der Waals surface area contributed by atoms with Gasteiger partial charge in [-0.2, -0.15) is 40.8 Å². The molecule has 0 radical (unpaired) electrons. The van der Waals surface area contributed by atoms with Gasteiger partial charge in [0.05, 0.1) is 103 Å². The van der Waals surface area contributed by atoms with Crippen LogP contribution in [0.2, 0.25) is 20.2 Å². The highest BCUT2D eigenvalue weighted by Gasteiger charge is 2.52. The van der Waals surface area contributed by atoms with Crippen molar-refractivity contribution in [1.82, 2.24) is 64.9 Å². The van der Waals surface area contributed by atoms with E-state index in [1.54, 1.807) is 42.2 Å². The second-order valence-electron chi connectivity index (χ2n) is 23.1. The molecule has 28 heteroatoms. The molecule has 1 saturated heterocycles. The normalized spacial score (nSPS) is 13.5. The van der Waals surface area contributed by atoms with Gasteiger partial charge in [0.2, 0.25) is 0 Å². The molecule has 8 heterocycles. The fraction of sp³-hybridized carbons (Fsp3) is 0.266. The lowest BCUT2D eigenvalue weighted by atomic mass is 9.80. The highest BCUT2D eigenvalue weighted by molar-refractivity contribution is 9.11. The SMILES string of the molecule is CCOC(=O)[C@@H](OC(C)(C)C)c1c(C)cc2nc(Br)sc2c1-c1ccc(Cl)cc1.Clc1cnnc(Cl)c1.Cn1ncc2cc(-c3cc(B4OC(C)(C)C(C)(C)O4)cnn3)ccc21.Cn1ncc2cc(-c3cc(Cl)cnn3)ccc21.Cn1ncc2cc(B(O)O)ccc21. The second-order valence-corrected chi connectivity index (χ2v) is 27.1. The number of halogens is 5. The van der Waals surface area contributed by atoms with E-state index in [1.807, 2.05) is 171 Å². The van der Waals surface area contributed by atoms with E-state index in [2.05, 4.69) is 72.9 Å². The molecule has 13 rings (SSSR count). The quantitative estimate of drug-likeness (QED) is 0.101. The smallest absolute Gasteiger partial charge is 0.464 e. The molecule has 1 aliphatic heterocycles. The maximum Gasteiger partial charge on any atom is 0.496 e. The fourth-order valence-electron chi connectivity index (χ4n) is 9.64. The minimum atomic E-state index is -1.41. The van der Waals surface area contributed by atoms with Crippen molar-refractivity contribution in [3.63, 3.8) is 0 Å². The highest BCUT2D eigenvalue weighted by Crippen LogP contribution is 2.44. The highest BCUT2D eigenvalue weighted by atomic mass is 79.9. The monoisotopic (exact) mass is 1400 g/mol. The van der Waals surface area contributed by atoms with Gasteiger partial charge in [-0.25, -0.2) is 9.78 Å². The average Bonchev–Trinajstić information content (AvgIpc) is 1.39. The Labute approximate surface area is 564 Å². The largest absolute Gasteiger partial charge is 0.496 e. The van der Waals surface area contributed by atoms with Gasteiger partial charge in [0.25, 0.3) is 0 Å². The zero-order chi connectivity index (χ0) is 66.4. The molecule has 12 aromatic rings. The van der Waals surface area contributed by atoms with Crippen LogP contribution < -0.4 is 10.9 Å². The van der Waals surface area contributed by atoms with Gasteiger partial charge >= 0.3 is 20.2 Å². The first-order chi connectivity index (χ1) is 43.6. The summed E-state index contributed by atoms with van der Waals surface area (Å²) in [5.41, 5.74) is 11.2. The summed E-state index contributed by atoms with van der Waals surface area (Å²) < 4.78 is 31.0. The summed E-state index contributed by atoms with van der Waals surface area (Å²) in [5.74, 6) is -0.399. The predicted octanol–water partition coefficient (Wildman–Crippen LogP) is 13.2. The van der Waals surface area contributed by atoms with Gasteiger partial charge in [-0.05, 0) is 162 Å². The van der Waals surface area contributed by atoms with Crippen LogP contribution in [-0.4, -0.2) is 119 Å². The van der Waals surface area contributed by atoms with E-state index >= 15 is 0 Å². The van der Waals surface area contributed by atoms with E-state index in [4.69, 9.17) is 75.2 Å². The minimum absolute atomic E-state index is 0.284. The van der Waals surface area contributed by atoms with Crippen molar-refractivity contribution in [2.24, 2.45) is 21.1 Å². The maximum absolute atomic E-state index is 13.0. The lowest BCUT2D eigenvalue weighted by Crippen LogP contribution is -2.41. The van der Waals surface area contributed by atoms with E-state index in [-0.39, 0.29) is 17.8 Å². The zero-order valence-corrected chi connectivity index (χ0v) is 57.7. The molecule has 2 N–H and O–H groups in total. The molecule has 0 bridgehead atoms. The summed E-state index contributed by atoms with van der Waals surface area (Å²) in [4.78, 5) is 17.5. The number of thiazole rings is 1. The second kappa shape index (κ2) is 29.3. The van der Waals surface area contributed by atoms with Crippen molar-refractivity contribution in [3.8, 4) is 33.6 Å². The van der Waals surface area contributed by atoms with Crippen LogP contribution in [0.4, 0.5) is 0 Å². The summed E-state index contributed by atoms with van der Waals surface area (Å²) >= 11 is 27.9. The summed E-state index contributed by atoms with van der Waals surface area (Å²) in [6.07, 6.45) is 9.17. The Morgan fingerprint density at radius 1 is 0.663 bits per heavy atom. The average molecular weight is 1400 g/mol. The van der Waals surface area contributed by atoms with Crippen LogP contribution in [0.15, 0.2) is 144 Å². The molecule has 1 atom stereocenters. The van der Waals surface area contributed by atoms with Crippen molar-refractivity contribution in [2.75, 3.05) is 6.61 Å². The number of aromatic nitrogens is 13. The number of hydrogen-bond donors (Lipinski definition) is 2. The first-order valence-corrected chi connectivity index (χ1v) is 31.8. The van der Waals surface area contributed by atoms with Gasteiger partial charge < -0.3 is 28.8 Å². The van der Waals surface area contributed by atoms with Crippen LogP contribution in [0.25, 0.3) is 76.6 Å². The van der Waals surface area contributed by atoms with Crippen molar-refractivity contribution < 1.29 is 33.6 Å². The van der Waals surface area contributed by atoms with Crippen molar-refractivity contribution >= 4 is 148 Å². The molecular formula is C64H64B2BrCl4N13O7S. The van der Waals surface area contributed by atoms with E-state index in [0.717, 1.165) is 97.1 Å². The van der Waals surface area contributed by atoms with Gasteiger partial charge in [0, 0.05) is 76.2 Å². The Kier molecular flexibility index (Phi) is 22.0. The molecule has 1 fully saturated rings. The molecule has 0 saturated carbocycles. The number of aryl methyl sites for hydroxylation is 4. The first kappa shape index (κ1) is 69.0. The van der Waals surface area contributed by atoms with Crippen LogP contribution >= 0.6 is 73.7 Å². The Hall–Kier alpha value is -7.32. The third kappa shape index (κ3) is 16.7. The third-order valence-electron chi connectivity index (χ3n) is 14.8. The number of rotatable bonds is 9. The summed E-state index contributed by atoms with van der Waals surface area (Å²) in [5, 5.41) is 58.8. The minimum Gasteiger partial charge on any atom is -0.464 e. The number of hydrogen-bond acceptors (Lipinski definition) is 18. The van der Waals surface area contributed by atoms with Crippen LogP contribution in [0.3, 0.4) is 0 Å². The topological polar surface area (TPSA) is 238 Å². The lowest BCUT2D eigenvalue weighted by molar-refractivity contribution is -0.166. The van der Waals surface area contributed by atoms with Crippen LogP contribution in [-0.2, 0) is 44.7 Å². The number of carbonyl (C=O) groups is 1. The van der Waals surface area contributed by atoms with E-state index in [0.29, 0.717) is 25.7 Å². The van der Waals surface area contributed by atoms with Crippen molar-refractivity contribution in [2.45, 2.75) is 85.2 Å². The molecule has 92 heavy (non-hydrogen) atoms. The van der Waals surface area contributed by atoms with Gasteiger partial charge in [0.15, 0.2) is 15.2 Å². The number of benzene rings is 5. The van der Waals surface area contributed by atoms with Gasteiger partial charge in [-0.15, -0.1) is 16.4 Å². The van der Waals surface area contributed by atoms with Crippen LogP contribution in [0.1, 0.15) is 72.6 Å². The first-order valence-electron chi connectivity index (χ1n) is 28.7. The maximum atomic E-state index is 13.0. The Morgan fingerprint density at radius 3 is 1.66 bits per heavy atom. The fourth-order valence-corrected chi connectivity index (χ4v) is 11.8. The molecule has 0 aliphatic carbocycles. The molecule has 20 nitrogen and oxygen atoms in total. The third-order valence-corrected chi connectivity index (χ3v) is 17.2. The molecule has 1 aliphatic rings. The standard InChI is InChI=1S/C22H23BrClNO3S.C18H21BN4O2.C12H9ClN4.C8H9BN2O2.C4H2Cl2N2/c1-6-27-20(26)18(28-22(3,4)5)16-12(2)11-15-19(29-21(23)25-15)17(16)13-7-9-14(24)10-8-13;1-17(2)18(3,4)25-19(24-17)14-9-15(22-20-11-14)12-6-7-16-13(8-12)10-21-23(16)5;1-17-12-3-2-8(4-9(12)6-15-17)11-5-10(13)7-14-16-11;1-11-8-3-2-7(9(12)13)4-6(8)5-10-11;5-3-1-4(6)8-7-2-3/h7-11,18H,6H2,1-5H3;6-11H,1-5H3;2-7H,1H3;2-5,12-13H,1H3;1-2H/t18-;;;;/m0..../s1. The number of fused-ring (bicyclic) bond motifs is 4. The molecular weight excluding hydrogens is 1340 g/mol. The van der Waals surface area contributed by atoms with Crippen molar-refractivity contribution in [1.29, 1.82) is 0 Å². The molecule has 0 amide bonds. The molecule has 474 valence electrons. The van der Waals surface area contributed by atoms with Gasteiger partial charge in [-0.1, -0.05) is 82.8 Å². The number of ether oxygens (including phenoxy) is 2. The van der Waals surface area contributed by atoms with Crippen molar-refractivity contribution in [3.05, 3.63) is 176 Å². The molecule has 5 aromatic carbocycles. The summed E-state index contributed by atoms with van der Waals surface area (Å²) in [7, 11) is 3.84. The molecule has 0 unspecified atom stereocenters. The van der Waals surface area contributed by atoms with E-state index < -0.39 is 31.9 Å². The Morgan fingerprint density at radius 2 is 1.16 bits per heavy atom. The molecule has 0 spiro atoms. The Balaban J connectivity index is 0.000000144.